The largest absolute Gasteiger partial charge is 0.870 e. The molecule has 0 unspecified atom stereocenters. The Labute approximate surface area is 35.0 Å². The molecule has 6 heavy (non-hydrogen) atoms. The van der Waals surface area contributed by atoms with Crippen molar-refractivity contribution < 1.29 is 9.52 Å². The molecule has 0 fully saturated rings. The van der Waals surface area contributed by atoms with E-state index in [0.717, 1.165) is 6.26 Å². The summed E-state index contributed by atoms with van der Waals surface area (Å²) in [7, 11) is 0. The van der Waals surface area contributed by atoms with Crippen molar-refractivity contribution in [1.82, 2.24) is 0 Å². The quantitative estimate of drug-likeness (QED) is 0.453. The summed E-state index contributed by atoms with van der Waals surface area (Å²) >= 11 is 0. The van der Waals surface area contributed by atoms with Gasteiger partial charge in [-0.2, -0.15) is 0 Å². The van der Waals surface area contributed by atoms with Crippen LogP contribution in [-0.2, 0) is 0 Å². The van der Waals surface area contributed by atoms with Gasteiger partial charge in [0, 0.05) is 0 Å². The Morgan fingerprint density at radius 2 is 2.50 bits per heavy atom. The van der Waals surface area contributed by atoms with Gasteiger partial charge in [0.1, 0.15) is 0 Å². The van der Waals surface area contributed by atoms with Gasteiger partial charge in [-0.3, -0.25) is 0 Å². The smallest absolute Gasteiger partial charge is 0.0896 e. The summed E-state index contributed by atoms with van der Waals surface area (Å²) in [5.74, 6) is -0.0741. The third-order valence-corrected chi connectivity index (χ3v) is 0.495. The third-order valence-electron chi connectivity index (χ3n) is 0.495. The normalized spacial score (nSPS) is 8.67. The highest BCUT2D eigenvalue weighted by Gasteiger charge is 1.67. The van der Waals surface area contributed by atoms with E-state index in [9.17, 15) is 5.11 Å². The van der Waals surface area contributed by atoms with Gasteiger partial charge in [-0.05, 0) is 6.07 Å². The Hall–Kier alpha value is -0.920. The summed E-state index contributed by atoms with van der Waals surface area (Å²) in [5, 5.41) is 9.98. The van der Waals surface area contributed by atoms with E-state index < -0.39 is 0 Å². The van der Waals surface area contributed by atoms with E-state index in [1.807, 2.05) is 0 Å². The number of hydrogen-bond acceptors (Lipinski definition) is 2. The molecule has 0 spiro atoms. The van der Waals surface area contributed by atoms with E-state index in [2.05, 4.69) is 4.42 Å². The second-order valence-corrected chi connectivity index (χ2v) is 0.959. The van der Waals surface area contributed by atoms with E-state index in [4.69, 9.17) is 0 Å². The van der Waals surface area contributed by atoms with Crippen LogP contribution in [0.3, 0.4) is 0 Å². The average Bonchev–Trinajstić information content (AvgIpc) is 1.86. The first-order valence-electron chi connectivity index (χ1n) is 1.59. The Balaban J connectivity index is 3.05. The van der Waals surface area contributed by atoms with Crippen molar-refractivity contribution in [2.24, 2.45) is 0 Å². The number of furan rings is 1. The SMILES string of the molecule is [O-]c1ccoc1. The monoisotopic (exact) mass is 83.0 g/mol. The minimum absolute atomic E-state index is 0.0741. The van der Waals surface area contributed by atoms with Gasteiger partial charge < -0.3 is 9.52 Å². The van der Waals surface area contributed by atoms with Gasteiger partial charge in [0.15, 0.2) is 0 Å². The second kappa shape index (κ2) is 1.05. The molecule has 0 N–H and O–H groups in total. The van der Waals surface area contributed by atoms with Crippen LogP contribution in [0.25, 0.3) is 0 Å². The van der Waals surface area contributed by atoms with Crippen molar-refractivity contribution in [2.45, 2.75) is 0 Å². The molecule has 2 nitrogen and oxygen atoms in total. The highest BCUT2D eigenvalue weighted by atomic mass is 16.3. The lowest BCUT2D eigenvalue weighted by Gasteiger charge is -1.88. The molecular formula is C4H3O2-. The molecule has 0 atom stereocenters. The van der Waals surface area contributed by atoms with E-state index in [-0.39, 0.29) is 5.75 Å². The standard InChI is InChI=1S/C4H4O2/c5-4-1-2-6-3-4/h1-3,5H/p-1. The van der Waals surface area contributed by atoms with Crippen LogP contribution in [0.15, 0.2) is 23.0 Å². The summed E-state index contributed by atoms with van der Waals surface area (Å²) in [6, 6.07) is 1.36. The first-order valence-corrected chi connectivity index (χ1v) is 1.59. The van der Waals surface area contributed by atoms with Gasteiger partial charge >= 0.3 is 0 Å². The Morgan fingerprint density at radius 3 is 2.67 bits per heavy atom. The summed E-state index contributed by atoms with van der Waals surface area (Å²) in [4.78, 5) is 0. The first kappa shape index (κ1) is 3.28. The molecule has 0 saturated heterocycles. The second-order valence-electron chi connectivity index (χ2n) is 0.959. The van der Waals surface area contributed by atoms with Crippen molar-refractivity contribution in [3.63, 3.8) is 0 Å². The molecule has 0 aliphatic rings. The molecule has 0 amide bonds. The van der Waals surface area contributed by atoms with Gasteiger partial charge in [-0.1, -0.05) is 5.75 Å². The van der Waals surface area contributed by atoms with E-state index in [1.54, 1.807) is 0 Å². The van der Waals surface area contributed by atoms with Crippen molar-refractivity contribution in [2.75, 3.05) is 0 Å². The van der Waals surface area contributed by atoms with E-state index >= 15 is 0 Å². The van der Waals surface area contributed by atoms with E-state index in [0.29, 0.717) is 0 Å². The summed E-state index contributed by atoms with van der Waals surface area (Å²) in [6.45, 7) is 0. The van der Waals surface area contributed by atoms with Crippen molar-refractivity contribution in [3.8, 4) is 5.75 Å². The minimum atomic E-state index is -0.0741. The highest BCUT2D eigenvalue weighted by Crippen LogP contribution is 1.99. The fourth-order valence-corrected chi connectivity index (χ4v) is 0.252. The predicted octanol–water partition coefficient (Wildman–Crippen LogP) is 0.353. The molecule has 1 rings (SSSR count). The molecule has 1 aromatic rings. The summed E-state index contributed by atoms with van der Waals surface area (Å²) < 4.78 is 4.40. The topological polar surface area (TPSA) is 36.2 Å². The average molecular weight is 83.1 g/mol. The minimum Gasteiger partial charge on any atom is -0.870 e. The van der Waals surface area contributed by atoms with Gasteiger partial charge in [-0.25, -0.2) is 0 Å². The lowest BCUT2D eigenvalue weighted by Crippen LogP contribution is -1.82. The predicted molar refractivity (Wildman–Crippen MR) is 18.2 cm³/mol. The summed E-state index contributed by atoms with van der Waals surface area (Å²) in [5.41, 5.74) is 0. The molecule has 1 aromatic heterocycles. The fourth-order valence-electron chi connectivity index (χ4n) is 0.252. The molecule has 0 aliphatic carbocycles. The van der Waals surface area contributed by atoms with Crippen molar-refractivity contribution >= 4 is 0 Å². The molecule has 0 saturated carbocycles. The van der Waals surface area contributed by atoms with Crippen LogP contribution in [0.1, 0.15) is 0 Å². The van der Waals surface area contributed by atoms with Gasteiger partial charge in [-0.15, -0.1) is 0 Å². The Morgan fingerprint density at radius 1 is 1.67 bits per heavy atom. The molecule has 0 bridgehead atoms. The van der Waals surface area contributed by atoms with Crippen LogP contribution in [-0.4, -0.2) is 0 Å². The van der Waals surface area contributed by atoms with Gasteiger partial charge in [0.2, 0.25) is 0 Å². The molecule has 32 valence electrons. The zero-order valence-corrected chi connectivity index (χ0v) is 3.05. The molecule has 1 heterocycles. The highest BCUT2D eigenvalue weighted by molar-refractivity contribution is 5.07. The van der Waals surface area contributed by atoms with Crippen LogP contribution in [0.4, 0.5) is 0 Å². The van der Waals surface area contributed by atoms with E-state index in [1.165, 1.54) is 12.3 Å². The third kappa shape index (κ3) is 0.360. The maximum atomic E-state index is 9.98. The molecule has 0 aromatic carbocycles. The van der Waals surface area contributed by atoms with Gasteiger partial charge in [0.25, 0.3) is 0 Å². The van der Waals surface area contributed by atoms with Crippen LogP contribution in [0, 0.1) is 0 Å². The lowest BCUT2D eigenvalue weighted by molar-refractivity contribution is -0.268. The number of hydrogen-bond donors (Lipinski definition) is 0. The van der Waals surface area contributed by atoms with Crippen LogP contribution < -0.4 is 5.11 Å². The molecular weight excluding hydrogens is 80.0 g/mol. The van der Waals surface area contributed by atoms with Crippen molar-refractivity contribution in [1.29, 1.82) is 0 Å². The maximum Gasteiger partial charge on any atom is 0.0896 e. The molecule has 0 aliphatic heterocycles. The van der Waals surface area contributed by atoms with Gasteiger partial charge in [0.05, 0.1) is 12.5 Å². The number of rotatable bonds is 0. The Kier molecular flexibility index (Phi) is 0.572. The lowest BCUT2D eigenvalue weighted by atomic mass is 10.6. The van der Waals surface area contributed by atoms with Crippen LogP contribution in [0.5, 0.6) is 5.75 Å². The van der Waals surface area contributed by atoms with Crippen LogP contribution >= 0.6 is 0 Å². The zero-order valence-electron chi connectivity index (χ0n) is 3.05. The first-order chi connectivity index (χ1) is 2.89. The van der Waals surface area contributed by atoms with Crippen LogP contribution in [0.2, 0.25) is 0 Å². The maximum absolute atomic E-state index is 9.98. The molecule has 0 radical (unpaired) electrons. The Bertz CT molecular complexity index is 109. The molecule has 2 heteroatoms. The summed E-state index contributed by atoms with van der Waals surface area (Å²) in [6.07, 6.45) is 2.50. The fraction of sp³-hybridized carbons (Fsp3) is 0. The zero-order chi connectivity index (χ0) is 4.41. The van der Waals surface area contributed by atoms with Crippen molar-refractivity contribution in [3.05, 3.63) is 18.6 Å².